The van der Waals surface area contributed by atoms with Crippen LogP contribution in [-0.4, -0.2) is 42.5 Å². The first kappa shape index (κ1) is 24.0. The van der Waals surface area contributed by atoms with Gasteiger partial charge >= 0.3 is 0 Å². The quantitative estimate of drug-likeness (QED) is 0.335. The third kappa shape index (κ3) is 7.49. The summed E-state index contributed by atoms with van der Waals surface area (Å²) in [5.41, 5.74) is 2.77. The van der Waals surface area contributed by atoms with Gasteiger partial charge in [0, 0.05) is 32.1 Å². The van der Waals surface area contributed by atoms with Gasteiger partial charge in [-0.3, -0.25) is 9.89 Å². The van der Waals surface area contributed by atoms with E-state index in [9.17, 15) is 4.39 Å². The van der Waals surface area contributed by atoms with E-state index in [1.807, 2.05) is 12.1 Å². The second-order valence-corrected chi connectivity index (χ2v) is 8.53. The van der Waals surface area contributed by atoms with Crippen LogP contribution in [-0.2, 0) is 13.1 Å². The Bertz CT molecular complexity index is 802. The molecule has 0 saturated carbocycles. The van der Waals surface area contributed by atoms with Crippen molar-refractivity contribution in [3.8, 4) is 0 Å². The predicted octanol–water partition coefficient (Wildman–Crippen LogP) is 4.09. The summed E-state index contributed by atoms with van der Waals surface area (Å²) in [6.07, 6.45) is 2.35. The number of nitrogens with one attached hydrogen (secondary N) is 2. The lowest BCUT2D eigenvalue weighted by molar-refractivity contribution is 0.176. The summed E-state index contributed by atoms with van der Waals surface area (Å²) in [6, 6.07) is 5.33. The Morgan fingerprint density at radius 3 is 2.66 bits per heavy atom. The van der Waals surface area contributed by atoms with E-state index < -0.39 is 0 Å². The molecule has 0 aliphatic carbocycles. The van der Waals surface area contributed by atoms with Crippen molar-refractivity contribution in [3.63, 3.8) is 0 Å². The van der Waals surface area contributed by atoms with Gasteiger partial charge in [0.1, 0.15) is 5.82 Å². The lowest BCUT2D eigenvalue weighted by atomic mass is 9.97. The molecule has 2 aromatic rings. The van der Waals surface area contributed by atoms with Crippen LogP contribution in [0.25, 0.3) is 0 Å². The zero-order valence-corrected chi connectivity index (χ0v) is 20.5. The Labute approximate surface area is 194 Å². The van der Waals surface area contributed by atoms with E-state index in [0.717, 1.165) is 42.7 Å². The molecule has 1 aliphatic heterocycles. The number of likely N-dealkylation sites (tertiary alicyclic amines) is 1. The SMILES string of the molecule is CN=C(NCc1ccc(C)c(F)c1)NCC1CCN(Cc2csc(C)n2)CC1.I. The van der Waals surface area contributed by atoms with E-state index >= 15 is 0 Å². The number of thiazole rings is 1. The smallest absolute Gasteiger partial charge is 0.191 e. The number of nitrogens with zero attached hydrogens (tertiary/aromatic N) is 3. The highest BCUT2D eigenvalue weighted by Gasteiger charge is 2.20. The highest BCUT2D eigenvalue weighted by atomic mass is 127. The van der Waals surface area contributed by atoms with Crippen LogP contribution in [0.4, 0.5) is 4.39 Å². The Kier molecular flexibility index (Phi) is 9.78. The van der Waals surface area contributed by atoms with Crippen molar-refractivity contribution in [2.45, 2.75) is 39.8 Å². The molecule has 3 rings (SSSR count). The van der Waals surface area contributed by atoms with Crippen LogP contribution in [0, 0.1) is 25.6 Å². The fourth-order valence-electron chi connectivity index (χ4n) is 3.45. The normalized spacial score (nSPS) is 15.8. The van der Waals surface area contributed by atoms with E-state index in [2.05, 4.69) is 37.8 Å². The van der Waals surface area contributed by atoms with Crippen molar-refractivity contribution in [2.24, 2.45) is 10.9 Å². The first-order chi connectivity index (χ1) is 13.5. The Balaban J connectivity index is 0.00000300. The molecule has 0 radical (unpaired) electrons. The van der Waals surface area contributed by atoms with Gasteiger partial charge in [0.05, 0.1) is 10.7 Å². The second kappa shape index (κ2) is 11.8. The molecule has 1 aliphatic rings. The standard InChI is InChI=1S/C21H30FN5S.HI/c1-15-4-5-18(10-20(15)22)12-25-21(23-3)24-11-17-6-8-27(9-7-17)13-19-14-28-16(2)26-19;/h4-5,10,14,17H,6-9,11-13H2,1-3H3,(H2,23,24,25);1H. The minimum Gasteiger partial charge on any atom is -0.356 e. The van der Waals surface area contributed by atoms with Gasteiger partial charge in [0.15, 0.2) is 5.96 Å². The maximum atomic E-state index is 13.7. The van der Waals surface area contributed by atoms with E-state index in [1.165, 1.54) is 18.5 Å². The largest absolute Gasteiger partial charge is 0.356 e. The van der Waals surface area contributed by atoms with E-state index in [-0.39, 0.29) is 29.8 Å². The van der Waals surface area contributed by atoms with Crippen molar-refractivity contribution in [3.05, 3.63) is 51.2 Å². The highest BCUT2D eigenvalue weighted by molar-refractivity contribution is 14.0. The molecule has 1 saturated heterocycles. The number of benzene rings is 1. The Morgan fingerprint density at radius 2 is 2.03 bits per heavy atom. The maximum absolute atomic E-state index is 13.7. The molecular weight excluding hydrogens is 500 g/mol. The fourth-order valence-corrected chi connectivity index (χ4v) is 4.06. The highest BCUT2D eigenvalue weighted by Crippen LogP contribution is 2.19. The maximum Gasteiger partial charge on any atom is 0.191 e. The summed E-state index contributed by atoms with van der Waals surface area (Å²) in [7, 11) is 1.77. The second-order valence-electron chi connectivity index (χ2n) is 7.47. The summed E-state index contributed by atoms with van der Waals surface area (Å²) in [4.78, 5) is 11.3. The molecule has 5 nitrogen and oxygen atoms in total. The molecule has 8 heteroatoms. The van der Waals surface area contributed by atoms with Crippen LogP contribution in [0.5, 0.6) is 0 Å². The first-order valence-corrected chi connectivity index (χ1v) is 10.7. The Hall–Kier alpha value is -1.26. The summed E-state index contributed by atoms with van der Waals surface area (Å²) in [5.74, 6) is 1.24. The molecule has 0 bridgehead atoms. The molecular formula is C21H31FIN5S. The van der Waals surface area contributed by atoms with Crippen LogP contribution in [0.15, 0.2) is 28.6 Å². The molecule has 2 N–H and O–H groups in total. The van der Waals surface area contributed by atoms with E-state index in [0.29, 0.717) is 18.0 Å². The van der Waals surface area contributed by atoms with Gasteiger partial charge in [-0.15, -0.1) is 35.3 Å². The number of aromatic nitrogens is 1. The molecule has 0 spiro atoms. The van der Waals surface area contributed by atoms with E-state index in [1.54, 1.807) is 31.4 Å². The third-order valence-corrected chi connectivity index (χ3v) is 6.06. The number of guanidine groups is 1. The molecule has 2 heterocycles. The number of hydrogen-bond donors (Lipinski definition) is 2. The fraction of sp³-hybridized carbons (Fsp3) is 0.524. The summed E-state index contributed by atoms with van der Waals surface area (Å²) in [5, 5.41) is 9.99. The minimum absolute atomic E-state index is 0. The van der Waals surface area contributed by atoms with Gasteiger partial charge < -0.3 is 10.6 Å². The lowest BCUT2D eigenvalue weighted by Gasteiger charge is -2.31. The Morgan fingerprint density at radius 1 is 1.28 bits per heavy atom. The van der Waals surface area contributed by atoms with E-state index in [4.69, 9.17) is 0 Å². The van der Waals surface area contributed by atoms with Crippen LogP contribution in [0.3, 0.4) is 0 Å². The third-order valence-electron chi connectivity index (χ3n) is 5.24. The topological polar surface area (TPSA) is 52.6 Å². The molecule has 1 aromatic carbocycles. The average molecular weight is 531 g/mol. The zero-order valence-electron chi connectivity index (χ0n) is 17.4. The number of rotatable bonds is 6. The van der Waals surface area contributed by atoms with Gasteiger partial charge in [0.2, 0.25) is 0 Å². The molecule has 0 amide bonds. The monoisotopic (exact) mass is 531 g/mol. The molecule has 1 aromatic heterocycles. The van der Waals surface area contributed by atoms with Crippen molar-refractivity contribution in [2.75, 3.05) is 26.7 Å². The van der Waals surface area contributed by atoms with Crippen molar-refractivity contribution < 1.29 is 4.39 Å². The molecule has 1 fully saturated rings. The first-order valence-electron chi connectivity index (χ1n) is 9.86. The van der Waals surface area contributed by atoms with Gasteiger partial charge in [-0.25, -0.2) is 9.37 Å². The van der Waals surface area contributed by atoms with Crippen LogP contribution >= 0.6 is 35.3 Å². The number of hydrogen-bond acceptors (Lipinski definition) is 4. The van der Waals surface area contributed by atoms with Crippen molar-refractivity contribution >= 4 is 41.3 Å². The number of aliphatic imine (C=N–C) groups is 1. The molecule has 160 valence electrons. The number of aryl methyl sites for hydroxylation is 2. The number of halogens is 2. The van der Waals surface area contributed by atoms with Crippen LogP contribution in [0.2, 0.25) is 0 Å². The zero-order chi connectivity index (χ0) is 19.9. The average Bonchev–Trinajstić information content (AvgIpc) is 3.10. The summed E-state index contributed by atoms with van der Waals surface area (Å²) >= 11 is 1.72. The van der Waals surface area contributed by atoms with Gasteiger partial charge in [-0.1, -0.05) is 12.1 Å². The minimum atomic E-state index is -0.165. The van der Waals surface area contributed by atoms with Crippen LogP contribution < -0.4 is 10.6 Å². The van der Waals surface area contributed by atoms with Crippen LogP contribution in [0.1, 0.15) is 34.7 Å². The molecule has 0 atom stereocenters. The molecule has 29 heavy (non-hydrogen) atoms. The number of piperidine rings is 1. The predicted molar refractivity (Wildman–Crippen MR) is 130 cm³/mol. The molecule has 0 unspecified atom stereocenters. The van der Waals surface area contributed by atoms with Gasteiger partial charge in [-0.2, -0.15) is 0 Å². The lowest BCUT2D eigenvalue weighted by Crippen LogP contribution is -2.42. The summed E-state index contributed by atoms with van der Waals surface area (Å²) < 4.78 is 13.7. The summed E-state index contributed by atoms with van der Waals surface area (Å²) in [6.45, 7) is 8.47. The van der Waals surface area contributed by atoms with Gasteiger partial charge in [-0.05, 0) is 62.9 Å². The van der Waals surface area contributed by atoms with Crippen molar-refractivity contribution in [1.82, 2.24) is 20.5 Å². The van der Waals surface area contributed by atoms with Crippen molar-refractivity contribution in [1.29, 1.82) is 0 Å². The van der Waals surface area contributed by atoms with Gasteiger partial charge in [0.25, 0.3) is 0 Å².